The third-order valence-corrected chi connectivity index (χ3v) is 7.37. The molecule has 3 aromatic heterocycles. The molecule has 1 saturated heterocycles. The first-order chi connectivity index (χ1) is 14.1. The molecule has 30 heavy (non-hydrogen) atoms. The van der Waals surface area contributed by atoms with Gasteiger partial charge in [-0.15, -0.1) is 12.4 Å². The first kappa shape index (κ1) is 21.1. The molecule has 5 rings (SSSR count). The molecule has 0 aliphatic carbocycles. The monoisotopic (exact) mass is 468 g/mol. The summed E-state index contributed by atoms with van der Waals surface area (Å²) >= 11 is 2.78. The second kappa shape index (κ2) is 8.54. The number of anilines is 1. The minimum absolute atomic E-state index is 0. The second-order valence-electron chi connectivity index (χ2n) is 7.02. The molecule has 11 heteroatoms. The van der Waals surface area contributed by atoms with Crippen molar-refractivity contribution in [2.24, 2.45) is 0 Å². The zero-order valence-electron chi connectivity index (χ0n) is 16.0. The lowest BCUT2D eigenvalue weighted by molar-refractivity contribution is 0.443. The lowest BCUT2D eigenvalue weighted by atomic mass is 10.1. The van der Waals surface area contributed by atoms with E-state index >= 15 is 0 Å². The van der Waals surface area contributed by atoms with Crippen molar-refractivity contribution in [3.8, 4) is 21.7 Å². The average molecular weight is 469 g/mol. The Hall–Kier alpha value is -2.14. The molecule has 0 saturated carbocycles. The fourth-order valence-corrected chi connectivity index (χ4v) is 5.67. The van der Waals surface area contributed by atoms with Gasteiger partial charge >= 0.3 is 0 Å². The Kier molecular flexibility index (Phi) is 6.01. The van der Waals surface area contributed by atoms with Crippen molar-refractivity contribution in [2.45, 2.75) is 18.9 Å². The fraction of sp³-hybridized carbons (Fsp3) is 0.316. The first-order valence-corrected chi connectivity index (χ1v) is 10.9. The number of hydrogen-bond acceptors (Lipinski definition) is 7. The Labute approximate surface area is 185 Å². The van der Waals surface area contributed by atoms with Crippen LogP contribution in [0.25, 0.3) is 31.4 Å². The van der Waals surface area contributed by atoms with Gasteiger partial charge in [0.1, 0.15) is 16.6 Å². The van der Waals surface area contributed by atoms with E-state index in [9.17, 15) is 8.78 Å². The van der Waals surface area contributed by atoms with Gasteiger partial charge in [-0.05, 0) is 38.1 Å². The molecule has 0 radical (unpaired) electrons. The van der Waals surface area contributed by atoms with E-state index in [2.05, 4.69) is 32.4 Å². The number of hydrogen-bond donors (Lipinski definition) is 2. The van der Waals surface area contributed by atoms with Crippen molar-refractivity contribution < 1.29 is 8.78 Å². The minimum Gasteiger partial charge on any atom is -0.348 e. The Bertz CT molecular complexity index is 1120. The molecule has 1 aromatic carbocycles. The molecule has 6 nitrogen and oxygen atoms in total. The molecule has 4 heterocycles. The zero-order valence-corrected chi connectivity index (χ0v) is 18.4. The van der Waals surface area contributed by atoms with Crippen LogP contribution in [0, 0.1) is 11.6 Å². The molecule has 0 amide bonds. The van der Waals surface area contributed by atoms with E-state index in [0.29, 0.717) is 16.6 Å². The number of fused-ring (bicyclic) bond motifs is 1. The van der Waals surface area contributed by atoms with Crippen molar-refractivity contribution in [1.29, 1.82) is 0 Å². The molecular formula is C19H19ClF2N6S2. The van der Waals surface area contributed by atoms with E-state index in [1.807, 2.05) is 0 Å². The number of benzene rings is 1. The molecule has 0 atom stereocenters. The summed E-state index contributed by atoms with van der Waals surface area (Å²) in [6.07, 6.45) is 5.15. The third-order valence-electron chi connectivity index (χ3n) is 5.22. The summed E-state index contributed by atoms with van der Waals surface area (Å²) in [5.41, 5.74) is 0.820. The zero-order chi connectivity index (χ0) is 20.0. The lowest BCUT2D eigenvalue weighted by Crippen LogP contribution is -2.41. The van der Waals surface area contributed by atoms with E-state index in [4.69, 9.17) is 4.98 Å². The maximum Gasteiger partial charge on any atom is 0.188 e. The predicted octanol–water partition coefficient (Wildman–Crippen LogP) is 4.70. The molecule has 0 spiro atoms. The van der Waals surface area contributed by atoms with Gasteiger partial charge in [0.15, 0.2) is 14.8 Å². The van der Waals surface area contributed by atoms with Crippen molar-refractivity contribution in [2.75, 3.05) is 25.0 Å². The average Bonchev–Trinajstić information content (AvgIpc) is 3.46. The molecule has 1 aliphatic rings. The molecule has 0 unspecified atom stereocenters. The quantitative estimate of drug-likeness (QED) is 0.454. The first-order valence-electron chi connectivity index (χ1n) is 9.29. The number of thiazole rings is 2. The number of nitrogens with one attached hydrogen (secondary N) is 2. The van der Waals surface area contributed by atoms with E-state index in [1.165, 1.54) is 47.2 Å². The van der Waals surface area contributed by atoms with Gasteiger partial charge in [0.2, 0.25) is 0 Å². The second-order valence-corrected chi connectivity index (χ2v) is 8.95. The van der Waals surface area contributed by atoms with Gasteiger partial charge in [-0.25, -0.2) is 18.7 Å². The van der Waals surface area contributed by atoms with Gasteiger partial charge in [-0.3, -0.25) is 5.10 Å². The smallest absolute Gasteiger partial charge is 0.188 e. The van der Waals surface area contributed by atoms with E-state index in [1.54, 1.807) is 0 Å². The maximum absolute atomic E-state index is 14.7. The van der Waals surface area contributed by atoms with Crippen LogP contribution in [0.5, 0.6) is 0 Å². The van der Waals surface area contributed by atoms with Crippen LogP contribution in [-0.4, -0.2) is 46.3 Å². The van der Waals surface area contributed by atoms with Crippen molar-refractivity contribution >= 4 is 49.9 Å². The van der Waals surface area contributed by atoms with Crippen molar-refractivity contribution in [3.05, 3.63) is 36.2 Å². The molecular weight excluding hydrogens is 450 g/mol. The van der Waals surface area contributed by atoms with Gasteiger partial charge in [-0.2, -0.15) is 5.10 Å². The summed E-state index contributed by atoms with van der Waals surface area (Å²) < 4.78 is 29.3. The third kappa shape index (κ3) is 3.80. The van der Waals surface area contributed by atoms with Crippen molar-refractivity contribution in [1.82, 2.24) is 25.5 Å². The van der Waals surface area contributed by atoms with Crippen LogP contribution < -0.4 is 10.2 Å². The number of nitrogens with zero attached hydrogens (tertiary/aromatic N) is 4. The largest absolute Gasteiger partial charge is 0.348 e. The minimum atomic E-state index is -0.518. The molecule has 0 bridgehead atoms. The Morgan fingerprint density at radius 3 is 2.43 bits per heavy atom. The van der Waals surface area contributed by atoms with Crippen LogP contribution in [-0.2, 0) is 0 Å². The molecule has 158 valence electrons. The highest BCUT2D eigenvalue weighted by Crippen LogP contribution is 2.38. The highest BCUT2D eigenvalue weighted by Gasteiger charge is 2.23. The molecule has 4 aromatic rings. The van der Waals surface area contributed by atoms with Crippen LogP contribution in [0.4, 0.5) is 13.9 Å². The molecule has 1 fully saturated rings. The summed E-state index contributed by atoms with van der Waals surface area (Å²) in [5.74, 6) is -1.03. The van der Waals surface area contributed by atoms with Crippen LogP contribution in [0.1, 0.15) is 12.8 Å². The molecule has 1 aliphatic heterocycles. The predicted molar refractivity (Wildman–Crippen MR) is 120 cm³/mol. The fourth-order valence-electron chi connectivity index (χ4n) is 3.58. The Morgan fingerprint density at radius 2 is 1.73 bits per heavy atom. The highest BCUT2D eigenvalue weighted by molar-refractivity contribution is 7.29. The summed E-state index contributed by atoms with van der Waals surface area (Å²) in [6.45, 7) is 2.02. The summed E-state index contributed by atoms with van der Waals surface area (Å²) in [4.78, 5) is 12.9. The number of rotatable bonds is 4. The van der Waals surface area contributed by atoms with Crippen LogP contribution in [0.2, 0.25) is 0 Å². The van der Waals surface area contributed by atoms with Gasteiger partial charge in [0.05, 0.1) is 6.20 Å². The lowest BCUT2D eigenvalue weighted by Gasteiger charge is -2.31. The highest BCUT2D eigenvalue weighted by atomic mass is 35.5. The number of aromatic nitrogens is 4. The Balaban J connectivity index is 0.00000218. The van der Waals surface area contributed by atoms with Crippen molar-refractivity contribution in [3.63, 3.8) is 0 Å². The normalized spacial score (nSPS) is 14.8. The van der Waals surface area contributed by atoms with Crippen LogP contribution in [0.15, 0.2) is 24.5 Å². The van der Waals surface area contributed by atoms with Gasteiger partial charge < -0.3 is 10.2 Å². The summed E-state index contributed by atoms with van der Waals surface area (Å²) in [5, 5.41) is 11.1. The van der Waals surface area contributed by atoms with Gasteiger partial charge in [-0.1, -0.05) is 22.7 Å². The summed E-state index contributed by atoms with van der Waals surface area (Å²) in [6, 6.07) is 2.84. The maximum atomic E-state index is 14.7. The standard InChI is InChI=1S/C19H18F2N6S2.ClH/c1-27(11-2-4-22-5-3-11)19-26-18-17(29-19)25-16(28-18)13-7-14(20)12(6-15(13)21)10-8-23-24-9-10;/h6-9,11,22H,2-5H2,1H3,(H,23,24);1H. The molecule has 2 N–H and O–H groups in total. The number of halogens is 3. The number of aromatic amines is 1. The number of piperidine rings is 1. The van der Waals surface area contributed by atoms with Gasteiger partial charge in [0.25, 0.3) is 0 Å². The van der Waals surface area contributed by atoms with E-state index in [0.717, 1.165) is 40.7 Å². The topological polar surface area (TPSA) is 69.7 Å². The van der Waals surface area contributed by atoms with Gasteiger partial charge in [0, 0.05) is 36.0 Å². The van der Waals surface area contributed by atoms with Crippen LogP contribution >= 0.6 is 35.1 Å². The summed E-state index contributed by atoms with van der Waals surface area (Å²) in [7, 11) is 2.06. The number of H-pyrrole nitrogens is 1. The van der Waals surface area contributed by atoms with E-state index in [-0.39, 0.29) is 23.5 Å². The van der Waals surface area contributed by atoms with Crippen LogP contribution in [0.3, 0.4) is 0 Å². The Morgan fingerprint density at radius 1 is 1.03 bits per heavy atom. The van der Waals surface area contributed by atoms with E-state index < -0.39 is 11.6 Å². The SMILES string of the molecule is CN(c1nc2sc(-c3cc(F)c(-c4cn[nH]c4)cc3F)nc2s1)C1CCNCC1.Cl.